The molecule has 86 valence electrons. The molecule has 5 heteroatoms. The number of nitrogens with one attached hydrogen (secondary N) is 1. The van der Waals surface area contributed by atoms with E-state index in [0.29, 0.717) is 17.3 Å². The first-order valence-corrected chi connectivity index (χ1v) is 6.10. The summed E-state index contributed by atoms with van der Waals surface area (Å²) < 4.78 is 0. The molecule has 0 aliphatic carbocycles. The highest BCUT2D eigenvalue weighted by atomic mass is 32.2. The quantitative estimate of drug-likeness (QED) is 0.624. The van der Waals surface area contributed by atoms with Crippen LogP contribution in [-0.4, -0.2) is 6.26 Å². The summed E-state index contributed by atoms with van der Waals surface area (Å²) in [4.78, 5) is 0. The Kier molecular flexibility index (Phi) is 4.93. The van der Waals surface area contributed by atoms with Crippen molar-refractivity contribution in [2.75, 3.05) is 12.0 Å². The molecule has 3 N–H and O–H groups in total. The summed E-state index contributed by atoms with van der Waals surface area (Å²) >= 11 is 1.35. The van der Waals surface area contributed by atoms with Crippen LogP contribution in [0.15, 0.2) is 34.9 Å². The van der Waals surface area contributed by atoms with Crippen molar-refractivity contribution >= 4 is 17.4 Å². The molecule has 0 heterocycles. The van der Waals surface area contributed by atoms with Crippen molar-refractivity contribution in [3.63, 3.8) is 0 Å². The number of allylic oxidation sites excluding steroid dienone is 1. The van der Waals surface area contributed by atoms with Crippen molar-refractivity contribution in [2.24, 2.45) is 0 Å². The molecule has 0 saturated heterocycles. The molecule has 17 heavy (non-hydrogen) atoms. The first kappa shape index (κ1) is 13.0. The van der Waals surface area contributed by atoms with Gasteiger partial charge in [-0.25, -0.2) is 0 Å². The van der Waals surface area contributed by atoms with Crippen molar-refractivity contribution in [3.05, 3.63) is 40.4 Å². The Hall–Kier alpha value is -2.11. The molecule has 0 atom stereocenters. The zero-order valence-corrected chi connectivity index (χ0v) is 10.2. The largest absolute Gasteiger partial charge is 0.399 e. The van der Waals surface area contributed by atoms with Crippen LogP contribution >= 0.6 is 11.8 Å². The average Bonchev–Trinajstić information content (AvgIpc) is 2.36. The molecule has 0 aliphatic rings. The summed E-state index contributed by atoms with van der Waals surface area (Å²) in [6, 6.07) is 11.2. The molecule has 0 bridgehead atoms. The van der Waals surface area contributed by atoms with Crippen LogP contribution in [0.5, 0.6) is 0 Å². The van der Waals surface area contributed by atoms with Crippen molar-refractivity contribution < 1.29 is 0 Å². The van der Waals surface area contributed by atoms with E-state index in [2.05, 4.69) is 5.32 Å². The molecule has 0 amide bonds. The summed E-state index contributed by atoms with van der Waals surface area (Å²) in [5.74, 6) is 0. The van der Waals surface area contributed by atoms with E-state index >= 15 is 0 Å². The highest BCUT2D eigenvalue weighted by Crippen LogP contribution is 2.14. The minimum Gasteiger partial charge on any atom is -0.399 e. The van der Waals surface area contributed by atoms with Gasteiger partial charge in [0, 0.05) is 12.2 Å². The van der Waals surface area contributed by atoms with E-state index in [1.54, 1.807) is 0 Å². The summed E-state index contributed by atoms with van der Waals surface area (Å²) in [6.45, 7) is 0.559. The number of nitrogens with zero attached hydrogens (tertiary/aromatic N) is 2. The van der Waals surface area contributed by atoms with E-state index in [9.17, 15) is 0 Å². The molecule has 0 fully saturated rings. The van der Waals surface area contributed by atoms with Gasteiger partial charge in [-0.3, -0.25) is 0 Å². The highest BCUT2D eigenvalue weighted by molar-refractivity contribution is 8.02. The lowest BCUT2D eigenvalue weighted by Crippen LogP contribution is -2.12. The van der Waals surface area contributed by atoms with Gasteiger partial charge < -0.3 is 11.1 Å². The minimum absolute atomic E-state index is 0.105. The Morgan fingerprint density at radius 3 is 2.35 bits per heavy atom. The lowest BCUT2D eigenvalue weighted by Gasteiger charge is -2.08. The van der Waals surface area contributed by atoms with Gasteiger partial charge in [-0.05, 0) is 24.0 Å². The fraction of sp³-hybridized carbons (Fsp3) is 0.167. The van der Waals surface area contributed by atoms with Crippen LogP contribution < -0.4 is 11.1 Å². The van der Waals surface area contributed by atoms with E-state index < -0.39 is 0 Å². The number of anilines is 1. The third-order valence-electron chi connectivity index (χ3n) is 2.09. The standard InChI is InChI=1S/C12H12N4S/c1-17-12(10(6-13)7-14)16-8-9-2-4-11(15)5-3-9/h2-5,16H,8,15H2,1H3. The van der Waals surface area contributed by atoms with Crippen molar-refractivity contribution in [1.29, 1.82) is 10.5 Å². The Bertz CT molecular complexity index is 475. The molecular formula is C12H12N4S. The molecular weight excluding hydrogens is 232 g/mol. The van der Waals surface area contributed by atoms with Crippen LogP contribution in [0.3, 0.4) is 0 Å². The van der Waals surface area contributed by atoms with E-state index in [1.807, 2.05) is 42.7 Å². The Morgan fingerprint density at radius 1 is 1.29 bits per heavy atom. The Labute approximate surface area is 105 Å². The smallest absolute Gasteiger partial charge is 0.159 e. The summed E-state index contributed by atoms with van der Waals surface area (Å²) in [5, 5.41) is 21.2. The number of nitrogens with two attached hydrogens (primary N) is 1. The monoisotopic (exact) mass is 244 g/mol. The highest BCUT2D eigenvalue weighted by Gasteiger charge is 2.04. The molecule has 0 radical (unpaired) electrons. The molecule has 1 aromatic carbocycles. The minimum atomic E-state index is 0.105. The van der Waals surface area contributed by atoms with Crippen LogP contribution in [0, 0.1) is 22.7 Å². The number of nitriles is 2. The number of benzene rings is 1. The van der Waals surface area contributed by atoms with Crippen molar-refractivity contribution in [1.82, 2.24) is 5.32 Å². The molecule has 4 nitrogen and oxygen atoms in total. The third kappa shape index (κ3) is 3.75. The first-order valence-electron chi connectivity index (χ1n) is 4.88. The van der Waals surface area contributed by atoms with Gasteiger partial charge in [-0.15, -0.1) is 11.8 Å². The predicted octanol–water partition coefficient (Wildman–Crippen LogP) is 1.98. The van der Waals surface area contributed by atoms with Crippen molar-refractivity contribution in [2.45, 2.75) is 6.54 Å². The van der Waals surface area contributed by atoms with Gasteiger partial charge in [0.05, 0.1) is 5.03 Å². The SMILES string of the molecule is CSC(NCc1ccc(N)cc1)=C(C#N)C#N. The van der Waals surface area contributed by atoms with E-state index in [0.717, 1.165) is 5.56 Å². The maximum atomic E-state index is 8.76. The molecule has 0 unspecified atom stereocenters. The van der Waals surface area contributed by atoms with Crippen LogP contribution in [0.1, 0.15) is 5.56 Å². The van der Waals surface area contributed by atoms with Gasteiger partial charge in [0.1, 0.15) is 12.1 Å². The van der Waals surface area contributed by atoms with Crippen molar-refractivity contribution in [3.8, 4) is 12.1 Å². The molecule has 0 aromatic heterocycles. The summed E-state index contributed by atoms with van der Waals surface area (Å²) in [5.41, 5.74) is 7.44. The second-order valence-electron chi connectivity index (χ2n) is 3.23. The van der Waals surface area contributed by atoms with Gasteiger partial charge in [0.2, 0.25) is 0 Å². The molecule has 1 rings (SSSR count). The Balaban J connectivity index is 2.73. The lowest BCUT2D eigenvalue weighted by molar-refractivity contribution is 0.854. The number of nitrogen functional groups attached to an aromatic ring is 1. The fourth-order valence-corrected chi connectivity index (χ4v) is 1.72. The van der Waals surface area contributed by atoms with Crippen LogP contribution in [0.2, 0.25) is 0 Å². The number of hydrogen-bond acceptors (Lipinski definition) is 5. The summed E-state index contributed by atoms with van der Waals surface area (Å²) in [7, 11) is 0. The third-order valence-corrected chi connectivity index (χ3v) is 2.84. The summed E-state index contributed by atoms with van der Waals surface area (Å²) in [6.07, 6.45) is 1.82. The van der Waals surface area contributed by atoms with Crippen LogP contribution in [-0.2, 0) is 6.54 Å². The normalized spacial score (nSPS) is 8.88. The van der Waals surface area contributed by atoms with Crippen LogP contribution in [0.25, 0.3) is 0 Å². The van der Waals surface area contributed by atoms with Gasteiger partial charge in [0.15, 0.2) is 5.57 Å². The second kappa shape index (κ2) is 6.47. The predicted molar refractivity (Wildman–Crippen MR) is 69.5 cm³/mol. The zero-order chi connectivity index (χ0) is 12.7. The van der Waals surface area contributed by atoms with Gasteiger partial charge in [-0.2, -0.15) is 10.5 Å². The average molecular weight is 244 g/mol. The number of hydrogen-bond donors (Lipinski definition) is 2. The molecule has 0 saturated carbocycles. The van der Waals surface area contributed by atoms with E-state index in [4.69, 9.17) is 16.3 Å². The first-order chi connectivity index (χ1) is 8.21. The van der Waals surface area contributed by atoms with Gasteiger partial charge >= 0.3 is 0 Å². The molecule has 0 aliphatic heterocycles. The maximum absolute atomic E-state index is 8.76. The topological polar surface area (TPSA) is 85.6 Å². The number of thioether (sulfide) groups is 1. The molecule has 0 spiro atoms. The Morgan fingerprint density at radius 2 is 1.88 bits per heavy atom. The lowest BCUT2D eigenvalue weighted by atomic mass is 10.2. The molecule has 1 aromatic rings. The number of rotatable bonds is 4. The van der Waals surface area contributed by atoms with E-state index in [-0.39, 0.29) is 5.57 Å². The van der Waals surface area contributed by atoms with Gasteiger partial charge in [-0.1, -0.05) is 12.1 Å². The fourth-order valence-electron chi connectivity index (χ4n) is 1.21. The maximum Gasteiger partial charge on any atom is 0.159 e. The van der Waals surface area contributed by atoms with Gasteiger partial charge in [0.25, 0.3) is 0 Å². The van der Waals surface area contributed by atoms with E-state index in [1.165, 1.54) is 11.8 Å². The van der Waals surface area contributed by atoms with Crippen LogP contribution in [0.4, 0.5) is 5.69 Å². The zero-order valence-electron chi connectivity index (χ0n) is 9.40. The second-order valence-corrected chi connectivity index (χ2v) is 4.04.